The number of hydrogen-bond acceptors (Lipinski definition) is 3. The van der Waals surface area contributed by atoms with E-state index in [4.69, 9.17) is 10.5 Å². The van der Waals surface area contributed by atoms with Gasteiger partial charge in [-0.25, -0.2) is 0 Å². The van der Waals surface area contributed by atoms with Gasteiger partial charge in [-0.2, -0.15) is 0 Å². The summed E-state index contributed by atoms with van der Waals surface area (Å²) in [5, 5.41) is 9.68. The van der Waals surface area contributed by atoms with Crippen LogP contribution in [0.15, 0.2) is 22.7 Å². The van der Waals surface area contributed by atoms with Crippen molar-refractivity contribution in [3.63, 3.8) is 0 Å². The average Bonchev–Trinajstić information content (AvgIpc) is 2.20. The molecule has 0 saturated carbocycles. The van der Waals surface area contributed by atoms with E-state index in [-0.39, 0.29) is 5.75 Å². The van der Waals surface area contributed by atoms with Crippen molar-refractivity contribution >= 4 is 15.9 Å². The van der Waals surface area contributed by atoms with E-state index >= 15 is 0 Å². The number of phenols is 1. The third kappa shape index (κ3) is 2.08. The number of benzene rings is 1. The molecule has 3 nitrogen and oxygen atoms in total. The lowest BCUT2D eigenvalue weighted by Crippen LogP contribution is -2.33. The summed E-state index contributed by atoms with van der Waals surface area (Å²) >= 11 is 3.34. The topological polar surface area (TPSA) is 55.5 Å². The Morgan fingerprint density at radius 2 is 2.21 bits per heavy atom. The minimum Gasteiger partial charge on any atom is -0.508 e. The van der Waals surface area contributed by atoms with E-state index < -0.39 is 5.60 Å². The zero-order valence-electron chi connectivity index (χ0n) is 8.25. The lowest BCUT2D eigenvalue weighted by Gasteiger charge is -2.27. The van der Waals surface area contributed by atoms with Crippen LogP contribution in [0.25, 0.3) is 0 Å². The highest BCUT2D eigenvalue weighted by atomic mass is 79.9. The summed E-state index contributed by atoms with van der Waals surface area (Å²) in [5.74, 6) is 0.197. The van der Waals surface area contributed by atoms with Gasteiger partial charge in [-0.15, -0.1) is 0 Å². The van der Waals surface area contributed by atoms with Gasteiger partial charge in [0.15, 0.2) is 0 Å². The first-order chi connectivity index (χ1) is 6.53. The van der Waals surface area contributed by atoms with Crippen molar-refractivity contribution in [2.24, 2.45) is 5.73 Å². The molecule has 1 atom stereocenters. The normalized spacial score (nSPS) is 15.1. The van der Waals surface area contributed by atoms with Crippen LogP contribution in [0.4, 0.5) is 0 Å². The first-order valence-electron chi connectivity index (χ1n) is 4.27. The zero-order valence-corrected chi connectivity index (χ0v) is 9.84. The van der Waals surface area contributed by atoms with E-state index in [1.54, 1.807) is 19.2 Å². The van der Waals surface area contributed by atoms with Crippen LogP contribution in [0.3, 0.4) is 0 Å². The molecule has 0 aliphatic heterocycles. The van der Waals surface area contributed by atoms with Gasteiger partial charge in [0.1, 0.15) is 11.4 Å². The third-order valence-corrected chi connectivity index (χ3v) is 2.86. The van der Waals surface area contributed by atoms with Crippen LogP contribution in [-0.4, -0.2) is 18.8 Å². The van der Waals surface area contributed by atoms with E-state index in [0.717, 1.165) is 4.47 Å². The summed E-state index contributed by atoms with van der Waals surface area (Å²) in [5.41, 5.74) is 5.66. The Morgan fingerprint density at radius 3 is 2.71 bits per heavy atom. The van der Waals surface area contributed by atoms with Crippen LogP contribution in [0.1, 0.15) is 12.5 Å². The van der Waals surface area contributed by atoms with E-state index in [9.17, 15) is 5.11 Å². The van der Waals surface area contributed by atoms with Crippen LogP contribution in [-0.2, 0) is 10.3 Å². The number of halogens is 1. The summed E-state index contributed by atoms with van der Waals surface area (Å²) in [6.45, 7) is 2.15. The standard InChI is InChI=1S/C10H14BrNO2/c1-10(6-12,14-2)8-5-7(11)3-4-9(8)13/h3-5,13H,6,12H2,1-2H3. The molecule has 0 radical (unpaired) electrons. The second-order valence-electron chi connectivity index (χ2n) is 3.30. The maximum atomic E-state index is 9.68. The molecule has 1 rings (SSSR count). The zero-order chi connectivity index (χ0) is 10.8. The second kappa shape index (κ2) is 4.29. The van der Waals surface area contributed by atoms with Gasteiger partial charge in [0, 0.05) is 23.7 Å². The van der Waals surface area contributed by atoms with Crippen molar-refractivity contribution in [2.75, 3.05) is 13.7 Å². The number of phenolic OH excluding ortho intramolecular Hbond substituents is 1. The van der Waals surface area contributed by atoms with Gasteiger partial charge in [0.05, 0.1) is 0 Å². The maximum Gasteiger partial charge on any atom is 0.121 e. The molecular weight excluding hydrogens is 246 g/mol. The smallest absolute Gasteiger partial charge is 0.121 e. The van der Waals surface area contributed by atoms with E-state index in [1.165, 1.54) is 0 Å². The Kier molecular flexibility index (Phi) is 3.53. The Morgan fingerprint density at radius 1 is 1.57 bits per heavy atom. The summed E-state index contributed by atoms with van der Waals surface area (Å²) in [7, 11) is 1.58. The quantitative estimate of drug-likeness (QED) is 0.873. The predicted molar refractivity (Wildman–Crippen MR) is 59.2 cm³/mol. The summed E-state index contributed by atoms with van der Waals surface area (Å²) in [4.78, 5) is 0. The summed E-state index contributed by atoms with van der Waals surface area (Å²) < 4.78 is 6.19. The third-order valence-electron chi connectivity index (χ3n) is 2.37. The van der Waals surface area contributed by atoms with Crippen LogP contribution in [0.2, 0.25) is 0 Å². The van der Waals surface area contributed by atoms with E-state index in [1.807, 2.05) is 13.0 Å². The molecule has 0 aliphatic rings. The van der Waals surface area contributed by atoms with E-state index in [0.29, 0.717) is 12.1 Å². The van der Waals surface area contributed by atoms with Crippen LogP contribution in [0.5, 0.6) is 5.75 Å². The molecule has 1 aromatic rings. The van der Waals surface area contributed by atoms with Crippen molar-refractivity contribution in [1.29, 1.82) is 0 Å². The highest BCUT2D eigenvalue weighted by Gasteiger charge is 2.27. The molecule has 4 heteroatoms. The Balaban J connectivity index is 3.22. The number of ether oxygens (including phenoxy) is 1. The molecule has 1 unspecified atom stereocenters. The molecule has 78 valence electrons. The summed E-state index contributed by atoms with van der Waals surface area (Å²) in [6.07, 6.45) is 0. The number of methoxy groups -OCH3 is 1. The maximum absolute atomic E-state index is 9.68. The van der Waals surface area contributed by atoms with Gasteiger partial charge in [-0.05, 0) is 25.1 Å². The van der Waals surface area contributed by atoms with Crippen LogP contribution < -0.4 is 5.73 Å². The molecule has 0 aromatic heterocycles. The van der Waals surface area contributed by atoms with Gasteiger partial charge >= 0.3 is 0 Å². The Labute approximate surface area is 92.0 Å². The highest BCUT2D eigenvalue weighted by Crippen LogP contribution is 2.33. The molecule has 0 spiro atoms. The number of hydrogen-bond donors (Lipinski definition) is 2. The van der Waals surface area contributed by atoms with Crippen molar-refractivity contribution in [3.8, 4) is 5.75 Å². The molecule has 0 aliphatic carbocycles. The lowest BCUT2D eigenvalue weighted by molar-refractivity contribution is 0.00822. The predicted octanol–water partition coefficient (Wildman–Crippen LogP) is 1.98. The summed E-state index contributed by atoms with van der Waals surface area (Å²) in [6, 6.07) is 5.20. The fourth-order valence-corrected chi connectivity index (χ4v) is 1.60. The van der Waals surface area contributed by atoms with Gasteiger partial charge < -0.3 is 15.6 Å². The molecule has 3 N–H and O–H groups in total. The molecule has 0 bridgehead atoms. The fraction of sp³-hybridized carbons (Fsp3) is 0.400. The first-order valence-corrected chi connectivity index (χ1v) is 5.07. The molecule has 0 heterocycles. The molecule has 0 amide bonds. The van der Waals surface area contributed by atoms with Crippen LogP contribution >= 0.6 is 15.9 Å². The van der Waals surface area contributed by atoms with Crippen molar-refractivity contribution in [2.45, 2.75) is 12.5 Å². The molecule has 0 saturated heterocycles. The average molecular weight is 260 g/mol. The Hall–Kier alpha value is -0.580. The SMILES string of the molecule is COC(C)(CN)c1cc(Br)ccc1O. The van der Waals surface area contributed by atoms with Crippen molar-refractivity contribution in [3.05, 3.63) is 28.2 Å². The van der Waals surface area contributed by atoms with Gasteiger partial charge in [0.25, 0.3) is 0 Å². The Bertz CT molecular complexity index is 324. The largest absolute Gasteiger partial charge is 0.508 e. The van der Waals surface area contributed by atoms with Crippen molar-refractivity contribution < 1.29 is 9.84 Å². The minimum absolute atomic E-state index is 0.197. The molecule has 0 fully saturated rings. The number of rotatable bonds is 3. The second-order valence-corrected chi connectivity index (χ2v) is 4.22. The fourth-order valence-electron chi connectivity index (χ4n) is 1.24. The lowest BCUT2D eigenvalue weighted by atomic mass is 9.95. The highest BCUT2D eigenvalue weighted by molar-refractivity contribution is 9.10. The van der Waals surface area contributed by atoms with Crippen LogP contribution in [0, 0.1) is 0 Å². The molecule has 1 aromatic carbocycles. The molecular formula is C10H14BrNO2. The van der Waals surface area contributed by atoms with Gasteiger partial charge in [-0.1, -0.05) is 15.9 Å². The first kappa shape index (κ1) is 11.5. The van der Waals surface area contributed by atoms with Crippen molar-refractivity contribution in [1.82, 2.24) is 0 Å². The van der Waals surface area contributed by atoms with Gasteiger partial charge in [-0.3, -0.25) is 0 Å². The number of aromatic hydroxyl groups is 1. The minimum atomic E-state index is -0.645. The molecule has 14 heavy (non-hydrogen) atoms. The van der Waals surface area contributed by atoms with E-state index in [2.05, 4.69) is 15.9 Å². The van der Waals surface area contributed by atoms with Gasteiger partial charge in [0.2, 0.25) is 0 Å². The monoisotopic (exact) mass is 259 g/mol. The number of nitrogens with two attached hydrogens (primary N) is 1.